The van der Waals surface area contributed by atoms with Gasteiger partial charge in [0.2, 0.25) is 5.91 Å². The summed E-state index contributed by atoms with van der Waals surface area (Å²) in [5, 5.41) is 3.02. The number of amides is 1. The molecule has 6 heteroatoms. The van der Waals surface area contributed by atoms with E-state index in [1.165, 1.54) is 0 Å². The van der Waals surface area contributed by atoms with Crippen LogP contribution in [0, 0.1) is 0 Å². The van der Waals surface area contributed by atoms with E-state index in [9.17, 15) is 4.79 Å². The molecule has 1 atom stereocenters. The molecule has 28 heavy (non-hydrogen) atoms. The van der Waals surface area contributed by atoms with Gasteiger partial charge in [0.1, 0.15) is 11.5 Å². The SMILES string of the molecule is CCCOc1ccc(C(C)NC(=O)Cc2ccc(OC)cc2OC)cc1OC. The van der Waals surface area contributed by atoms with Crippen molar-refractivity contribution >= 4 is 5.91 Å². The molecule has 152 valence electrons. The van der Waals surface area contributed by atoms with Gasteiger partial charge >= 0.3 is 0 Å². The first-order valence-corrected chi connectivity index (χ1v) is 9.33. The number of nitrogens with one attached hydrogen (secondary N) is 1. The van der Waals surface area contributed by atoms with Crippen molar-refractivity contribution in [2.45, 2.75) is 32.7 Å². The van der Waals surface area contributed by atoms with Gasteiger partial charge in [0.25, 0.3) is 0 Å². The number of methoxy groups -OCH3 is 3. The molecule has 6 nitrogen and oxygen atoms in total. The summed E-state index contributed by atoms with van der Waals surface area (Å²) < 4.78 is 21.7. The lowest BCUT2D eigenvalue weighted by Crippen LogP contribution is -2.28. The quantitative estimate of drug-likeness (QED) is 0.669. The van der Waals surface area contributed by atoms with Crippen molar-refractivity contribution in [3.63, 3.8) is 0 Å². The van der Waals surface area contributed by atoms with Crippen LogP contribution in [0.3, 0.4) is 0 Å². The van der Waals surface area contributed by atoms with Crippen LogP contribution in [0.15, 0.2) is 36.4 Å². The number of benzene rings is 2. The summed E-state index contributed by atoms with van der Waals surface area (Å²) in [6, 6.07) is 11.0. The molecule has 2 rings (SSSR count). The van der Waals surface area contributed by atoms with Gasteiger partial charge < -0.3 is 24.3 Å². The van der Waals surface area contributed by atoms with Crippen molar-refractivity contribution in [1.82, 2.24) is 5.32 Å². The van der Waals surface area contributed by atoms with E-state index in [1.54, 1.807) is 27.4 Å². The number of rotatable bonds is 10. The molecular weight excluding hydrogens is 358 g/mol. The third-order valence-electron chi connectivity index (χ3n) is 4.37. The Bertz CT molecular complexity index is 790. The van der Waals surface area contributed by atoms with E-state index in [4.69, 9.17) is 18.9 Å². The van der Waals surface area contributed by atoms with Crippen molar-refractivity contribution in [3.05, 3.63) is 47.5 Å². The number of carbonyl (C=O) groups is 1. The Morgan fingerprint density at radius 3 is 2.36 bits per heavy atom. The zero-order valence-electron chi connectivity index (χ0n) is 17.2. The number of hydrogen-bond donors (Lipinski definition) is 1. The molecule has 1 unspecified atom stereocenters. The third-order valence-corrected chi connectivity index (χ3v) is 4.37. The lowest BCUT2D eigenvalue weighted by atomic mass is 10.1. The van der Waals surface area contributed by atoms with E-state index < -0.39 is 0 Å². The Kier molecular flexibility index (Phi) is 7.99. The highest BCUT2D eigenvalue weighted by molar-refractivity contribution is 5.80. The minimum atomic E-state index is -0.175. The van der Waals surface area contributed by atoms with Crippen LogP contribution in [0.2, 0.25) is 0 Å². The smallest absolute Gasteiger partial charge is 0.225 e. The van der Waals surface area contributed by atoms with E-state index in [1.807, 2.05) is 37.3 Å². The van der Waals surface area contributed by atoms with Crippen molar-refractivity contribution in [3.8, 4) is 23.0 Å². The third kappa shape index (κ3) is 5.55. The topological polar surface area (TPSA) is 66.0 Å². The summed E-state index contributed by atoms with van der Waals surface area (Å²) in [7, 11) is 4.78. The average molecular weight is 387 g/mol. The monoisotopic (exact) mass is 387 g/mol. The van der Waals surface area contributed by atoms with E-state index in [2.05, 4.69) is 12.2 Å². The molecule has 0 bridgehead atoms. The summed E-state index contributed by atoms with van der Waals surface area (Å²) in [6.45, 7) is 4.62. The Labute approximate surface area is 166 Å². The minimum absolute atomic E-state index is 0.0961. The predicted molar refractivity (Wildman–Crippen MR) is 109 cm³/mol. The molecule has 0 fully saturated rings. The van der Waals surface area contributed by atoms with Crippen molar-refractivity contribution < 1.29 is 23.7 Å². The molecule has 0 heterocycles. The lowest BCUT2D eigenvalue weighted by Gasteiger charge is -2.18. The van der Waals surface area contributed by atoms with E-state index in [0.29, 0.717) is 29.6 Å². The zero-order valence-corrected chi connectivity index (χ0v) is 17.2. The minimum Gasteiger partial charge on any atom is -0.497 e. The molecule has 2 aromatic rings. The summed E-state index contributed by atoms with van der Waals surface area (Å²) in [6.07, 6.45) is 1.14. The molecular formula is C22H29NO5. The van der Waals surface area contributed by atoms with Crippen LogP contribution in [0.25, 0.3) is 0 Å². The molecule has 0 radical (unpaired) electrons. The standard InChI is InChI=1S/C22H29NO5/c1-6-11-28-19-10-8-16(12-21(19)27-5)15(2)23-22(24)13-17-7-9-18(25-3)14-20(17)26-4/h7-10,12,14-15H,6,11,13H2,1-5H3,(H,23,24). The van der Waals surface area contributed by atoms with Crippen LogP contribution in [-0.2, 0) is 11.2 Å². The molecule has 0 saturated carbocycles. The molecule has 0 aliphatic carbocycles. The molecule has 1 N–H and O–H groups in total. The molecule has 0 aliphatic rings. The Morgan fingerprint density at radius 1 is 0.964 bits per heavy atom. The van der Waals surface area contributed by atoms with Crippen LogP contribution in [-0.4, -0.2) is 33.8 Å². The highest BCUT2D eigenvalue weighted by Gasteiger charge is 2.15. The van der Waals surface area contributed by atoms with Crippen molar-refractivity contribution in [2.75, 3.05) is 27.9 Å². The normalized spacial score (nSPS) is 11.5. The fourth-order valence-corrected chi connectivity index (χ4v) is 2.83. The van der Waals surface area contributed by atoms with Crippen LogP contribution in [0.5, 0.6) is 23.0 Å². The molecule has 0 spiro atoms. The molecule has 0 saturated heterocycles. The van der Waals surface area contributed by atoms with Gasteiger partial charge in [-0.1, -0.05) is 19.1 Å². The van der Waals surface area contributed by atoms with E-state index in [-0.39, 0.29) is 18.4 Å². The van der Waals surface area contributed by atoms with Crippen LogP contribution in [0.1, 0.15) is 37.4 Å². The molecule has 2 aromatic carbocycles. The van der Waals surface area contributed by atoms with Gasteiger partial charge in [0.05, 0.1) is 40.4 Å². The van der Waals surface area contributed by atoms with Gasteiger partial charge in [-0.3, -0.25) is 4.79 Å². The molecule has 1 amide bonds. The van der Waals surface area contributed by atoms with E-state index >= 15 is 0 Å². The Morgan fingerprint density at radius 2 is 1.71 bits per heavy atom. The van der Waals surface area contributed by atoms with Gasteiger partial charge in [-0.05, 0) is 37.1 Å². The van der Waals surface area contributed by atoms with Gasteiger partial charge in [-0.2, -0.15) is 0 Å². The highest BCUT2D eigenvalue weighted by atomic mass is 16.5. The number of hydrogen-bond acceptors (Lipinski definition) is 5. The first kappa shape index (κ1) is 21.4. The summed E-state index contributed by atoms with van der Waals surface area (Å²) in [5.74, 6) is 2.58. The first-order valence-electron chi connectivity index (χ1n) is 9.33. The Hall–Kier alpha value is -2.89. The van der Waals surface area contributed by atoms with Crippen LogP contribution in [0.4, 0.5) is 0 Å². The largest absolute Gasteiger partial charge is 0.497 e. The average Bonchev–Trinajstić information content (AvgIpc) is 2.72. The maximum absolute atomic E-state index is 12.5. The fourth-order valence-electron chi connectivity index (χ4n) is 2.83. The first-order chi connectivity index (χ1) is 13.5. The number of ether oxygens (including phenoxy) is 4. The lowest BCUT2D eigenvalue weighted by molar-refractivity contribution is -0.121. The predicted octanol–water partition coefficient (Wildman–Crippen LogP) is 3.92. The van der Waals surface area contributed by atoms with Crippen molar-refractivity contribution in [1.29, 1.82) is 0 Å². The summed E-state index contributed by atoms with van der Waals surface area (Å²) >= 11 is 0. The van der Waals surface area contributed by atoms with Crippen molar-refractivity contribution in [2.24, 2.45) is 0 Å². The summed E-state index contributed by atoms with van der Waals surface area (Å²) in [5.41, 5.74) is 1.74. The van der Waals surface area contributed by atoms with Crippen LogP contribution >= 0.6 is 0 Å². The van der Waals surface area contributed by atoms with Gasteiger partial charge in [0.15, 0.2) is 11.5 Å². The molecule has 0 aromatic heterocycles. The van der Waals surface area contributed by atoms with E-state index in [0.717, 1.165) is 17.5 Å². The number of carbonyl (C=O) groups excluding carboxylic acids is 1. The second kappa shape index (κ2) is 10.4. The second-order valence-corrected chi connectivity index (χ2v) is 6.40. The maximum atomic E-state index is 12.5. The highest BCUT2D eigenvalue weighted by Crippen LogP contribution is 2.30. The Balaban J connectivity index is 2.06. The summed E-state index contributed by atoms with van der Waals surface area (Å²) in [4.78, 5) is 12.5. The zero-order chi connectivity index (χ0) is 20.5. The fraction of sp³-hybridized carbons (Fsp3) is 0.409. The maximum Gasteiger partial charge on any atom is 0.225 e. The van der Waals surface area contributed by atoms with Crippen LogP contribution < -0.4 is 24.3 Å². The van der Waals surface area contributed by atoms with Gasteiger partial charge in [-0.25, -0.2) is 0 Å². The van der Waals surface area contributed by atoms with Gasteiger partial charge in [0, 0.05) is 11.6 Å². The van der Waals surface area contributed by atoms with Gasteiger partial charge in [-0.15, -0.1) is 0 Å². The second-order valence-electron chi connectivity index (χ2n) is 6.40. The molecule has 0 aliphatic heterocycles.